The van der Waals surface area contributed by atoms with Gasteiger partial charge in [0.05, 0.1) is 0 Å². The zero-order chi connectivity index (χ0) is 22.5. The number of amides is 3. The molecule has 3 amide bonds. The number of likely N-dealkylation sites (tertiary alicyclic amines) is 1. The van der Waals surface area contributed by atoms with Gasteiger partial charge < -0.3 is 15.5 Å². The molecule has 166 valence electrons. The minimum absolute atomic E-state index is 0.0456. The van der Waals surface area contributed by atoms with Crippen LogP contribution in [0, 0.1) is 6.92 Å². The molecule has 1 fully saturated rings. The van der Waals surface area contributed by atoms with E-state index in [1.807, 2.05) is 31.2 Å². The van der Waals surface area contributed by atoms with E-state index in [4.69, 9.17) is 0 Å². The van der Waals surface area contributed by atoms with Gasteiger partial charge >= 0.3 is 0 Å². The highest BCUT2D eigenvalue weighted by atomic mass is 32.2. The summed E-state index contributed by atoms with van der Waals surface area (Å²) in [5, 5.41) is 5.93. The Morgan fingerprint density at radius 3 is 2.62 bits per heavy atom. The zero-order valence-corrected chi connectivity index (χ0v) is 18.8. The van der Waals surface area contributed by atoms with E-state index in [0.29, 0.717) is 11.3 Å². The van der Waals surface area contributed by atoms with Crippen LogP contribution >= 0.6 is 11.8 Å². The predicted molar refractivity (Wildman–Crippen MR) is 128 cm³/mol. The van der Waals surface area contributed by atoms with E-state index in [2.05, 4.69) is 20.5 Å². The third kappa shape index (κ3) is 5.37. The molecule has 8 heteroatoms. The number of hydrogen-bond donors (Lipinski definition) is 2. The first kappa shape index (κ1) is 22.1. The van der Waals surface area contributed by atoms with Crippen molar-refractivity contribution < 1.29 is 14.4 Å². The highest BCUT2D eigenvalue weighted by Crippen LogP contribution is 2.29. The highest BCUT2D eigenvalue weighted by Gasteiger charge is 2.33. The fraction of sp³-hybridized carbons (Fsp3) is 0.333. The van der Waals surface area contributed by atoms with Crippen LogP contribution in [-0.2, 0) is 9.59 Å². The van der Waals surface area contributed by atoms with Gasteiger partial charge in [0.25, 0.3) is 11.8 Å². The predicted octanol–water partition coefficient (Wildman–Crippen LogP) is 4.06. The van der Waals surface area contributed by atoms with Gasteiger partial charge in [-0.2, -0.15) is 4.99 Å². The molecular formula is C24H26N4O3S. The molecule has 0 spiro atoms. The third-order valence-electron chi connectivity index (χ3n) is 5.53. The van der Waals surface area contributed by atoms with Crippen molar-refractivity contribution >= 4 is 46.0 Å². The lowest BCUT2D eigenvalue weighted by atomic mass is 10.1. The van der Waals surface area contributed by atoms with E-state index >= 15 is 0 Å². The van der Waals surface area contributed by atoms with Crippen molar-refractivity contribution in [3.8, 4) is 0 Å². The van der Waals surface area contributed by atoms with Crippen molar-refractivity contribution in [2.75, 3.05) is 23.7 Å². The highest BCUT2D eigenvalue weighted by molar-refractivity contribution is 8.15. The molecule has 1 saturated heterocycles. The topological polar surface area (TPSA) is 90.9 Å². The summed E-state index contributed by atoms with van der Waals surface area (Å²) in [4.78, 5) is 43.8. The summed E-state index contributed by atoms with van der Waals surface area (Å²) in [6, 6.07) is 14.3. The Labute approximate surface area is 191 Å². The number of aliphatic imine (C=N–C) groups is 1. The summed E-state index contributed by atoms with van der Waals surface area (Å²) in [6.07, 6.45) is 3.46. The van der Waals surface area contributed by atoms with Crippen LogP contribution < -0.4 is 10.6 Å². The molecule has 0 aliphatic carbocycles. The second-order valence-electron chi connectivity index (χ2n) is 7.99. The van der Waals surface area contributed by atoms with Crippen molar-refractivity contribution in [2.45, 2.75) is 37.9 Å². The van der Waals surface area contributed by atoms with Gasteiger partial charge in [0.1, 0.15) is 5.25 Å². The van der Waals surface area contributed by atoms with Crippen LogP contribution in [0.5, 0.6) is 0 Å². The smallest absolute Gasteiger partial charge is 0.262 e. The lowest BCUT2D eigenvalue weighted by Gasteiger charge is -2.27. The summed E-state index contributed by atoms with van der Waals surface area (Å²) in [7, 11) is 0. The summed E-state index contributed by atoms with van der Waals surface area (Å²) in [5.74, 6) is -0.781. The average Bonchev–Trinajstić information content (AvgIpc) is 3.16. The summed E-state index contributed by atoms with van der Waals surface area (Å²) in [6.45, 7) is 3.75. The first-order valence-electron chi connectivity index (χ1n) is 10.8. The fourth-order valence-electron chi connectivity index (χ4n) is 3.76. The van der Waals surface area contributed by atoms with Gasteiger partial charge in [-0.1, -0.05) is 36.0 Å². The molecule has 2 aliphatic heterocycles. The Kier molecular flexibility index (Phi) is 6.90. The van der Waals surface area contributed by atoms with Gasteiger partial charge in [-0.25, -0.2) is 0 Å². The number of anilines is 2. The first-order chi connectivity index (χ1) is 15.5. The minimum atomic E-state index is -0.500. The number of amidine groups is 1. The van der Waals surface area contributed by atoms with Gasteiger partial charge in [-0.3, -0.25) is 14.4 Å². The first-order valence-corrected chi connectivity index (χ1v) is 11.7. The third-order valence-corrected chi connectivity index (χ3v) is 6.74. The molecule has 32 heavy (non-hydrogen) atoms. The molecular weight excluding hydrogens is 424 g/mol. The number of aryl methyl sites for hydroxylation is 1. The maximum absolute atomic E-state index is 12.6. The molecule has 0 radical (unpaired) electrons. The molecule has 2 aromatic rings. The van der Waals surface area contributed by atoms with Crippen LogP contribution in [0.25, 0.3) is 0 Å². The summed E-state index contributed by atoms with van der Waals surface area (Å²) < 4.78 is 0. The Hall–Kier alpha value is -3.13. The number of para-hydroxylation sites is 1. The second-order valence-corrected chi connectivity index (χ2v) is 9.16. The average molecular weight is 451 g/mol. The fourth-order valence-corrected chi connectivity index (χ4v) is 4.87. The van der Waals surface area contributed by atoms with E-state index in [-0.39, 0.29) is 24.1 Å². The minimum Gasteiger partial charge on any atom is -0.351 e. The van der Waals surface area contributed by atoms with Crippen LogP contribution in [0.15, 0.2) is 53.5 Å². The molecule has 7 nitrogen and oxygen atoms in total. The Morgan fingerprint density at radius 2 is 1.84 bits per heavy atom. The van der Waals surface area contributed by atoms with Crippen molar-refractivity contribution in [1.29, 1.82) is 0 Å². The second kappa shape index (κ2) is 9.99. The molecule has 0 aromatic heterocycles. The quantitative estimate of drug-likeness (QED) is 0.717. The van der Waals surface area contributed by atoms with Crippen LogP contribution in [0.3, 0.4) is 0 Å². The maximum atomic E-state index is 12.6. The SMILES string of the molecule is Cc1ccccc1NC(=O)c1cccc(NC(=O)CC2SC(N3CCCCC3)=NC2=O)c1. The lowest BCUT2D eigenvalue weighted by Crippen LogP contribution is -2.33. The van der Waals surface area contributed by atoms with Gasteiger partial charge in [-0.15, -0.1) is 0 Å². The van der Waals surface area contributed by atoms with Gasteiger partial charge in [0, 0.05) is 36.4 Å². The van der Waals surface area contributed by atoms with Crippen molar-refractivity contribution in [2.24, 2.45) is 4.99 Å². The molecule has 1 unspecified atom stereocenters. The number of piperidine rings is 1. The monoisotopic (exact) mass is 450 g/mol. The van der Waals surface area contributed by atoms with Crippen LogP contribution in [0.4, 0.5) is 11.4 Å². The van der Waals surface area contributed by atoms with Crippen LogP contribution in [0.2, 0.25) is 0 Å². The number of nitrogens with zero attached hydrogens (tertiary/aromatic N) is 2. The van der Waals surface area contributed by atoms with Gasteiger partial charge in [-0.05, 0) is 56.0 Å². The number of nitrogens with one attached hydrogen (secondary N) is 2. The van der Waals surface area contributed by atoms with Crippen LogP contribution in [0.1, 0.15) is 41.6 Å². The van der Waals surface area contributed by atoms with Crippen molar-refractivity contribution in [1.82, 2.24) is 4.90 Å². The van der Waals surface area contributed by atoms with Gasteiger partial charge in [0.2, 0.25) is 5.91 Å². The Balaban J connectivity index is 1.33. The number of benzene rings is 2. The molecule has 4 rings (SSSR count). The van der Waals surface area contributed by atoms with Crippen molar-refractivity contribution in [3.05, 3.63) is 59.7 Å². The molecule has 0 bridgehead atoms. The number of hydrogen-bond acceptors (Lipinski definition) is 5. The maximum Gasteiger partial charge on any atom is 0.262 e. The van der Waals surface area contributed by atoms with E-state index in [9.17, 15) is 14.4 Å². The largest absolute Gasteiger partial charge is 0.351 e. The standard InChI is InChI=1S/C24H26N4O3S/c1-16-8-3-4-11-19(16)26-22(30)17-9-7-10-18(14-17)25-21(29)15-20-23(31)27-24(32-20)28-12-5-2-6-13-28/h3-4,7-11,14,20H,2,5-6,12-13,15H2,1H3,(H,25,29)(H,26,30). The number of rotatable bonds is 5. The van der Waals surface area contributed by atoms with Crippen LogP contribution in [-0.4, -0.2) is 46.1 Å². The van der Waals surface area contributed by atoms with E-state index in [0.717, 1.165) is 42.3 Å². The Morgan fingerprint density at radius 1 is 1.06 bits per heavy atom. The summed E-state index contributed by atoms with van der Waals surface area (Å²) in [5.41, 5.74) is 2.66. The molecule has 2 N–H and O–H groups in total. The zero-order valence-electron chi connectivity index (χ0n) is 18.0. The van der Waals surface area contributed by atoms with E-state index in [1.54, 1.807) is 24.3 Å². The number of carbonyl (C=O) groups excluding carboxylic acids is 3. The van der Waals surface area contributed by atoms with E-state index < -0.39 is 5.25 Å². The van der Waals surface area contributed by atoms with Crippen molar-refractivity contribution in [3.63, 3.8) is 0 Å². The molecule has 0 saturated carbocycles. The Bertz CT molecular complexity index is 1060. The molecule has 1 atom stereocenters. The normalized spacial score (nSPS) is 18.3. The van der Waals surface area contributed by atoms with E-state index in [1.165, 1.54) is 18.2 Å². The number of thioether (sulfide) groups is 1. The number of carbonyl (C=O) groups is 3. The molecule has 2 aromatic carbocycles. The molecule has 2 heterocycles. The summed E-state index contributed by atoms with van der Waals surface area (Å²) >= 11 is 1.38. The van der Waals surface area contributed by atoms with Gasteiger partial charge in [0.15, 0.2) is 5.17 Å². The lowest BCUT2D eigenvalue weighted by molar-refractivity contribution is -0.121. The molecule has 2 aliphatic rings.